The van der Waals surface area contributed by atoms with Crippen molar-refractivity contribution in [3.05, 3.63) is 41.1 Å². The fourth-order valence-electron chi connectivity index (χ4n) is 2.71. The summed E-state index contributed by atoms with van der Waals surface area (Å²) in [4.78, 5) is 4.32. The quantitative estimate of drug-likeness (QED) is 0.695. The molecule has 1 atom stereocenters. The summed E-state index contributed by atoms with van der Waals surface area (Å²) < 4.78 is 1.03. The van der Waals surface area contributed by atoms with Gasteiger partial charge in [0.25, 0.3) is 0 Å². The van der Waals surface area contributed by atoms with Gasteiger partial charge in [0.05, 0.1) is 14.9 Å². The second-order valence-electron chi connectivity index (χ2n) is 5.07. The van der Waals surface area contributed by atoms with Gasteiger partial charge in [-0.05, 0) is 65.9 Å². The molecular formula is C15H17BrClNS2. The molecular weight excluding hydrogens is 374 g/mol. The van der Waals surface area contributed by atoms with E-state index in [-0.39, 0.29) is 6.04 Å². The Bertz CT molecular complexity index is 562. The Kier molecular flexibility index (Phi) is 4.88. The molecule has 1 aliphatic carbocycles. The largest absolute Gasteiger partial charge is 0.305 e. The van der Waals surface area contributed by atoms with Crippen molar-refractivity contribution in [2.24, 2.45) is 0 Å². The van der Waals surface area contributed by atoms with Gasteiger partial charge in [0.15, 0.2) is 0 Å². The Morgan fingerprint density at radius 3 is 2.65 bits per heavy atom. The molecule has 20 heavy (non-hydrogen) atoms. The summed E-state index contributed by atoms with van der Waals surface area (Å²) in [7, 11) is 0. The van der Waals surface area contributed by atoms with E-state index in [9.17, 15) is 0 Å². The number of nitrogens with one attached hydrogen (secondary N) is 1. The summed E-state index contributed by atoms with van der Waals surface area (Å²) >= 11 is 13.4. The zero-order chi connectivity index (χ0) is 14.1. The van der Waals surface area contributed by atoms with E-state index in [2.05, 4.69) is 40.3 Å². The predicted octanol–water partition coefficient (Wildman–Crippen LogP) is 5.80. The Balaban J connectivity index is 1.95. The Morgan fingerprint density at radius 2 is 2.00 bits per heavy atom. The lowest BCUT2D eigenvalue weighted by molar-refractivity contribution is 0.647. The van der Waals surface area contributed by atoms with Gasteiger partial charge in [-0.2, -0.15) is 0 Å². The van der Waals surface area contributed by atoms with Gasteiger partial charge in [-0.15, -0.1) is 22.7 Å². The van der Waals surface area contributed by atoms with Gasteiger partial charge in [-0.3, -0.25) is 0 Å². The first-order chi connectivity index (χ1) is 9.69. The summed E-state index contributed by atoms with van der Waals surface area (Å²) in [6.45, 7) is 3.12. The van der Waals surface area contributed by atoms with Crippen LogP contribution < -0.4 is 5.32 Å². The third kappa shape index (κ3) is 3.00. The number of hydrogen-bond donors (Lipinski definition) is 1. The molecule has 108 valence electrons. The maximum Gasteiger partial charge on any atom is 0.0888 e. The average Bonchev–Trinajstić information content (AvgIpc) is 3.00. The van der Waals surface area contributed by atoms with Gasteiger partial charge in [-0.25, -0.2) is 0 Å². The lowest BCUT2D eigenvalue weighted by Gasteiger charge is -2.14. The van der Waals surface area contributed by atoms with Crippen molar-refractivity contribution in [1.29, 1.82) is 0 Å². The van der Waals surface area contributed by atoms with Crippen LogP contribution in [0.4, 0.5) is 0 Å². The number of fused-ring (bicyclic) bond motifs is 1. The van der Waals surface area contributed by atoms with E-state index < -0.39 is 0 Å². The van der Waals surface area contributed by atoms with E-state index in [4.69, 9.17) is 11.6 Å². The first kappa shape index (κ1) is 15.0. The van der Waals surface area contributed by atoms with Crippen molar-refractivity contribution in [2.75, 3.05) is 6.54 Å². The molecule has 0 saturated heterocycles. The van der Waals surface area contributed by atoms with E-state index in [0.717, 1.165) is 15.4 Å². The third-order valence-corrected chi connectivity index (χ3v) is 7.50. The number of hydrogen-bond acceptors (Lipinski definition) is 3. The molecule has 3 rings (SSSR count). The Labute approximate surface area is 141 Å². The van der Waals surface area contributed by atoms with Crippen LogP contribution >= 0.6 is 50.2 Å². The molecule has 2 aromatic rings. The van der Waals surface area contributed by atoms with Crippen molar-refractivity contribution in [3.63, 3.8) is 0 Å². The van der Waals surface area contributed by atoms with Crippen LogP contribution in [-0.2, 0) is 12.8 Å². The Hall–Kier alpha value is 0.130. The molecule has 0 aromatic carbocycles. The molecule has 0 bridgehead atoms. The first-order valence-electron chi connectivity index (χ1n) is 6.98. The normalized spacial score (nSPS) is 16.1. The van der Waals surface area contributed by atoms with Crippen molar-refractivity contribution in [2.45, 2.75) is 38.6 Å². The molecule has 1 unspecified atom stereocenters. The molecule has 0 radical (unpaired) electrons. The number of thiophene rings is 2. The maximum atomic E-state index is 6.20. The fraction of sp³-hybridized carbons (Fsp3) is 0.467. The third-order valence-electron chi connectivity index (χ3n) is 3.66. The van der Waals surface area contributed by atoms with Crippen LogP contribution in [0.25, 0.3) is 0 Å². The summed E-state index contributed by atoms with van der Waals surface area (Å²) in [6, 6.07) is 4.78. The minimum absolute atomic E-state index is 0.282. The maximum absolute atomic E-state index is 6.20. The van der Waals surface area contributed by atoms with Gasteiger partial charge in [0.2, 0.25) is 0 Å². The van der Waals surface area contributed by atoms with Crippen LogP contribution in [0.2, 0.25) is 5.02 Å². The fourth-order valence-corrected chi connectivity index (χ4v) is 5.98. The molecule has 0 fully saturated rings. The standard InChI is InChI=1S/C15H17BrClNS2/c1-2-18-14(13-8-10(17)15(16)20-13)12-7-9-5-3-4-6-11(9)19-12/h7-8,14,18H,2-6H2,1H3. The molecule has 0 aliphatic heterocycles. The minimum Gasteiger partial charge on any atom is -0.305 e. The van der Waals surface area contributed by atoms with E-state index >= 15 is 0 Å². The van der Waals surface area contributed by atoms with Gasteiger partial charge in [0, 0.05) is 14.6 Å². The van der Waals surface area contributed by atoms with Gasteiger partial charge in [-0.1, -0.05) is 18.5 Å². The lowest BCUT2D eigenvalue weighted by atomic mass is 9.98. The molecule has 0 amide bonds. The van der Waals surface area contributed by atoms with Gasteiger partial charge in [0.1, 0.15) is 0 Å². The van der Waals surface area contributed by atoms with Crippen LogP contribution in [-0.4, -0.2) is 6.54 Å². The van der Waals surface area contributed by atoms with Crippen molar-refractivity contribution in [1.82, 2.24) is 5.32 Å². The zero-order valence-electron chi connectivity index (χ0n) is 11.3. The van der Waals surface area contributed by atoms with E-state index in [1.165, 1.54) is 35.4 Å². The molecule has 1 aliphatic rings. The van der Waals surface area contributed by atoms with Crippen molar-refractivity contribution < 1.29 is 0 Å². The van der Waals surface area contributed by atoms with Gasteiger partial charge < -0.3 is 5.32 Å². The monoisotopic (exact) mass is 389 g/mol. The molecule has 0 saturated carbocycles. The Morgan fingerprint density at radius 1 is 1.25 bits per heavy atom. The molecule has 1 N–H and O–H groups in total. The topological polar surface area (TPSA) is 12.0 Å². The molecule has 5 heteroatoms. The highest BCUT2D eigenvalue weighted by molar-refractivity contribution is 9.11. The SMILES string of the molecule is CCNC(c1cc(Cl)c(Br)s1)c1cc2c(s1)CCCC2. The lowest BCUT2D eigenvalue weighted by Crippen LogP contribution is -2.20. The van der Waals surface area contributed by atoms with Crippen LogP contribution in [0.5, 0.6) is 0 Å². The van der Waals surface area contributed by atoms with Crippen LogP contribution in [0.3, 0.4) is 0 Å². The van der Waals surface area contributed by atoms with Crippen LogP contribution in [0.15, 0.2) is 15.9 Å². The summed E-state index contributed by atoms with van der Waals surface area (Å²) in [5.74, 6) is 0. The van der Waals surface area contributed by atoms with Crippen molar-refractivity contribution in [3.8, 4) is 0 Å². The molecule has 2 heterocycles. The average molecular weight is 391 g/mol. The van der Waals surface area contributed by atoms with E-state index in [0.29, 0.717) is 0 Å². The van der Waals surface area contributed by atoms with Gasteiger partial charge >= 0.3 is 0 Å². The smallest absolute Gasteiger partial charge is 0.0888 e. The minimum atomic E-state index is 0.282. The van der Waals surface area contributed by atoms with Crippen LogP contribution in [0, 0.1) is 0 Å². The first-order valence-corrected chi connectivity index (χ1v) is 9.79. The predicted molar refractivity (Wildman–Crippen MR) is 93.5 cm³/mol. The van der Waals surface area contributed by atoms with Crippen LogP contribution in [0.1, 0.15) is 46.0 Å². The zero-order valence-corrected chi connectivity index (χ0v) is 15.3. The van der Waals surface area contributed by atoms with E-state index in [1.54, 1.807) is 21.8 Å². The summed E-state index contributed by atoms with van der Waals surface area (Å²) in [5.41, 5.74) is 1.57. The molecule has 1 nitrogen and oxygen atoms in total. The summed E-state index contributed by atoms with van der Waals surface area (Å²) in [5, 5.41) is 4.42. The second kappa shape index (κ2) is 6.49. The number of halogens is 2. The van der Waals surface area contributed by atoms with Crippen molar-refractivity contribution >= 4 is 50.2 Å². The highest BCUT2D eigenvalue weighted by Crippen LogP contribution is 2.41. The highest BCUT2D eigenvalue weighted by Gasteiger charge is 2.22. The number of rotatable bonds is 4. The number of aryl methyl sites for hydroxylation is 2. The van der Waals surface area contributed by atoms with E-state index in [1.807, 2.05) is 11.3 Å². The summed E-state index contributed by atoms with van der Waals surface area (Å²) in [6.07, 6.45) is 5.19. The second-order valence-corrected chi connectivity index (χ2v) is 9.04. The molecule has 2 aromatic heterocycles. The molecule has 0 spiro atoms. The highest BCUT2D eigenvalue weighted by atomic mass is 79.9.